The standard InChI is InChI=1S/C15H27N5OS/c1-5-11-8-6-7-9-19(11)12(21)10-22-14-18-17-13(20(14)16)15(2,3)4/h11H,5-10,16H2,1-4H3. The number of nitrogen functional groups attached to an aromatic ring is 1. The van der Waals surface area contributed by atoms with Crippen molar-refractivity contribution in [1.82, 2.24) is 19.8 Å². The third-order valence-electron chi connectivity index (χ3n) is 4.08. The van der Waals surface area contributed by atoms with Crippen molar-refractivity contribution in [2.75, 3.05) is 18.1 Å². The normalized spacial score (nSPS) is 19.5. The Labute approximate surface area is 136 Å². The smallest absolute Gasteiger partial charge is 0.233 e. The molecule has 1 aromatic heterocycles. The topological polar surface area (TPSA) is 77.0 Å². The fraction of sp³-hybridized carbons (Fsp3) is 0.800. The molecule has 0 aliphatic carbocycles. The molecule has 1 amide bonds. The third kappa shape index (κ3) is 3.74. The number of piperidine rings is 1. The van der Waals surface area contributed by atoms with Gasteiger partial charge in [-0.3, -0.25) is 4.79 Å². The summed E-state index contributed by atoms with van der Waals surface area (Å²) in [5.41, 5.74) is -0.162. The van der Waals surface area contributed by atoms with E-state index in [0.29, 0.717) is 17.0 Å². The Morgan fingerprint density at radius 1 is 1.36 bits per heavy atom. The van der Waals surface area contributed by atoms with Crippen molar-refractivity contribution in [3.05, 3.63) is 5.82 Å². The van der Waals surface area contributed by atoms with E-state index in [1.807, 2.05) is 25.7 Å². The molecule has 1 aliphatic heterocycles. The van der Waals surface area contributed by atoms with Gasteiger partial charge in [-0.1, -0.05) is 39.5 Å². The highest BCUT2D eigenvalue weighted by Crippen LogP contribution is 2.25. The number of hydrogen-bond acceptors (Lipinski definition) is 5. The first-order valence-electron chi connectivity index (χ1n) is 7.97. The van der Waals surface area contributed by atoms with Gasteiger partial charge in [0.2, 0.25) is 11.1 Å². The highest BCUT2D eigenvalue weighted by Gasteiger charge is 2.27. The van der Waals surface area contributed by atoms with E-state index in [2.05, 4.69) is 17.1 Å². The van der Waals surface area contributed by atoms with Crippen molar-refractivity contribution in [2.45, 2.75) is 70.0 Å². The van der Waals surface area contributed by atoms with Crippen LogP contribution in [0.25, 0.3) is 0 Å². The number of thioether (sulfide) groups is 1. The molecular weight excluding hydrogens is 298 g/mol. The number of carbonyl (C=O) groups excluding carboxylic acids is 1. The number of likely N-dealkylation sites (tertiary alicyclic amines) is 1. The highest BCUT2D eigenvalue weighted by atomic mass is 32.2. The molecule has 1 saturated heterocycles. The maximum absolute atomic E-state index is 12.5. The maximum atomic E-state index is 12.5. The Morgan fingerprint density at radius 3 is 2.68 bits per heavy atom. The van der Waals surface area contributed by atoms with E-state index in [-0.39, 0.29) is 11.3 Å². The summed E-state index contributed by atoms with van der Waals surface area (Å²) < 4.78 is 1.51. The lowest BCUT2D eigenvalue weighted by atomic mass is 9.96. The molecule has 124 valence electrons. The summed E-state index contributed by atoms with van der Waals surface area (Å²) in [7, 11) is 0. The van der Waals surface area contributed by atoms with Crippen LogP contribution in [0, 0.1) is 0 Å². The van der Waals surface area contributed by atoms with Crippen LogP contribution in [-0.2, 0) is 10.2 Å². The fourth-order valence-corrected chi connectivity index (χ4v) is 3.59. The van der Waals surface area contributed by atoms with Crippen molar-refractivity contribution in [3.63, 3.8) is 0 Å². The first kappa shape index (κ1) is 17.1. The molecule has 0 saturated carbocycles. The van der Waals surface area contributed by atoms with Crippen LogP contribution in [0.4, 0.5) is 0 Å². The summed E-state index contributed by atoms with van der Waals surface area (Å²) in [6.07, 6.45) is 4.47. The predicted octanol–water partition coefficient (Wildman–Crippen LogP) is 2.17. The van der Waals surface area contributed by atoms with E-state index in [0.717, 1.165) is 31.6 Å². The molecule has 1 fully saturated rings. The van der Waals surface area contributed by atoms with Gasteiger partial charge in [0.15, 0.2) is 5.82 Å². The minimum Gasteiger partial charge on any atom is -0.339 e. The molecule has 7 heteroatoms. The van der Waals surface area contributed by atoms with Crippen molar-refractivity contribution in [1.29, 1.82) is 0 Å². The van der Waals surface area contributed by atoms with Gasteiger partial charge in [-0.25, -0.2) is 4.68 Å². The lowest BCUT2D eigenvalue weighted by Crippen LogP contribution is -2.44. The number of carbonyl (C=O) groups is 1. The van der Waals surface area contributed by atoms with Crippen molar-refractivity contribution in [2.24, 2.45) is 0 Å². The summed E-state index contributed by atoms with van der Waals surface area (Å²) in [4.78, 5) is 14.5. The minimum absolute atomic E-state index is 0.162. The molecule has 1 aromatic rings. The number of rotatable bonds is 4. The van der Waals surface area contributed by atoms with Crippen LogP contribution in [0.2, 0.25) is 0 Å². The molecule has 0 radical (unpaired) electrons. The van der Waals surface area contributed by atoms with E-state index < -0.39 is 0 Å². The van der Waals surface area contributed by atoms with Gasteiger partial charge in [0.1, 0.15) is 0 Å². The van der Waals surface area contributed by atoms with Crippen LogP contribution in [-0.4, -0.2) is 44.0 Å². The Hall–Kier alpha value is -1.24. The average molecular weight is 325 g/mol. The second kappa shape index (κ2) is 6.89. The lowest BCUT2D eigenvalue weighted by molar-refractivity contribution is -0.132. The van der Waals surface area contributed by atoms with E-state index in [9.17, 15) is 4.79 Å². The third-order valence-corrected chi connectivity index (χ3v) is 5.01. The van der Waals surface area contributed by atoms with E-state index in [1.54, 1.807) is 0 Å². The predicted molar refractivity (Wildman–Crippen MR) is 89.2 cm³/mol. The van der Waals surface area contributed by atoms with Gasteiger partial charge in [0.05, 0.1) is 5.75 Å². The fourth-order valence-electron chi connectivity index (χ4n) is 2.85. The number of aromatic nitrogens is 3. The van der Waals surface area contributed by atoms with E-state index >= 15 is 0 Å². The van der Waals surface area contributed by atoms with Gasteiger partial charge in [0, 0.05) is 18.0 Å². The van der Waals surface area contributed by atoms with Crippen LogP contribution in [0.15, 0.2) is 5.16 Å². The van der Waals surface area contributed by atoms with Gasteiger partial charge >= 0.3 is 0 Å². The Morgan fingerprint density at radius 2 is 2.09 bits per heavy atom. The number of nitrogens with two attached hydrogens (primary N) is 1. The first-order chi connectivity index (χ1) is 10.3. The zero-order valence-corrected chi connectivity index (χ0v) is 14.8. The summed E-state index contributed by atoms with van der Waals surface area (Å²) in [5, 5.41) is 8.87. The summed E-state index contributed by atoms with van der Waals surface area (Å²) in [5.74, 6) is 7.33. The molecule has 1 unspecified atom stereocenters. The van der Waals surface area contributed by atoms with Crippen molar-refractivity contribution >= 4 is 17.7 Å². The molecule has 2 rings (SSSR count). The zero-order chi connectivity index (χ0) is 16.3. The van der Waals surface area contributed by atoms with Gasteiger partial charge in [-0.15, -0.1) is 10.2 Å². The largest absolute Gasteiger partial charge is 0.339 e. The number of hydrogen-bond donors (Lipinski definition) is 1. The number of nitrogens with zero attached hydrogens (tertiary/aromatic N) is 4. The number of amides is 1. The van der Waals surface area contributed by atoms with Crippen molar-refractivity contribution in [3.8, 4) is 0 Å². The Kier molecular flexibility index (Phi) is 5.36. The van der Waals surface area contributed by atoms with Gasteiger partial charge in [0.25, 0.3) is 0 Å². The SMILES string of the molecule is CCC1CCCCN1C(=O)CSc1nnc(C(C)(C)C)n1N. The molecular formula is C15H27N5OS. The molecule has 2 N–H and O–H groups in total. The summed E-state index contributed by atoms with van der Waals surface area (Å²) >= 11 is 1.37. The molecule has 22 heavy (non-hydrogen) atoms. The molecule has 1 atom stereocenters. The second-order valence-electron chi connectivity index (χ2n) is 6.86. The lowest BCUT2D eigenvalue weighted by Gasteiger charge is -2.35. The maximum Gasteiger partial charge on any atom is 0.233 e. The minimum atomic E-state index is -0.162. The molecule has 0 spiro atoms. The summed E-state index contributed by atoms with van der Waals surface area (Å²) in [6, 6.07) is 0.391. The van der Waals surface area contributed by atoms with Crippen LogP contribution < -0.4 is 5.84 Å². The van der Waals surface area contributed by atoms with Gasteiger partial charge in [-0.05, 0) is 25.7 Å². The molecule has 0 bridgehead atoms. The summed E-state index contributed by atoms with van der Waals surface area (Å²) in [6.45, 7) is 9.15. The van der Waals surface area contributed by atoms with Crippen molar-refractivity contribution < 1.29 is 4.79 Å². The van der Waals surface area contributed by atoms with Crippen LogP contribution in [0.5, 0.6) is 0 Å². The molecule has 1 aliphatic rings. The van der Waals surface area contributed by atoms with Gasteiger partial charge < -0.3 is 10.7 Å². The Bertz CT molecular complexity index is 522. The van der Waals surface area contributed by atoms with Crippen LogP contribution >= 0.6 is 11.8 Å². The monoisotopic (exact) mass is 325 g/mol. The van der Waals surface area contributed by atoms with Gasteiger partial charge in [-0.2, -0.15) is 0 Å². The Balaban J connectivity index is 1.98. The molecule has 0 aromatic carbocycles. The quantitative estimate of drug-likeness (QED) is 0.678. The molecule has 2 heterocycles. The first-order valence-corrected chi connectivity index (χ1v) is 8.96. The average Bonchev–Trinajstić information content (AvgIpc) is 2.85. The van der Waals surface area contributed by atoms with E-state index in [1.165, 1.54) is 22.9 Å². The van der Waals surface area contributed by atoms with Crippen LogP contribution in [0.3, 0.4) is 0 Å². The molecule has 6 nitrogen and oxygen atoms in total. The second-order valence-corrected chi connectivity index (χ2v) is 7.80. The zero-order valence-electron chi connectivity index (χ0n) is 14.0. The van der Waals surface area contributed by atoms with E-state index in [4.69, 9.17) is 5.84 Å². The van der Waals surface area contributed by atoms with Crippen LogP contribution in [0.1, 0.15) is 59.2 Å². The highest BCUT2D eigenvalue weighted by molar-refractivity contribution is 7.99.